The molecule has 0 unspecified atom stereocenters. The van der Waals surface area contributed by atoms with Gasteiger partial charge in [-0.3, -0.25) is 5.32 Å². The third-order valence-corrected chi connectivity index (χ3v) is 4.25. The molecule has 0 saturated heterocycles. The molecule has 0 radical (unpaired) electrons. The third kappa shape index (κ3) is 5.23. The summed E-state index contributed by atoms with van der Waals surface area (Å²) >= 11 is 1.85. The lowest BCUT2D eigenvalue weighted by molar-refractivity contribution is -0.138. The van der Waals surface area contributed by atoms with Crippen LogP contribution in [0.5, 0.6) is 0 Å². The molecule has 0 aliphatic carbocycles. The molecule has 1 aromatic rings. The first kappa shape index (κ1) is 16.0. The molecule has 0 aliphatic rings. The van der Waals surface area contributed by atoms with Crippen molar-refractivity contribution in [1.29, 1.82) is 0 Å². The number of nitrogens with zero attached hydrogens (tertiary/aromatic N) is 2. The number of nitrogens with one attached hydrogen (secondary N) is 2. The summed E-state index contributed by atoms with van der Waals surface area (Å²) in [7, 11) is 0. The van der Waals surface area contributed by atoms with E-state index in [9.17, 15) is 18.0 Å². The van der Waals surface area contributed by atoms with Crippen molar-refractivity contribution in [3.63, 3.8) is 0 Å². The summed E-state index contributed by atoms with van der Waals surface area (Å²) in [5.74, 6) is 0. The average Bonchev–Trinajstić information content (AvgIpc) is 2.75. The number of carbonyl (C=O) groups is 1. The molecule has 0 spiro atoms. The first-order chi connectivity index (χ1) is 8.64. The Morgan fingerprint density at radius 2 is 2.00 bits per heavy atom. The second-order valence-electron chi connectivity index (χ2n) is 4.18. The number of amides is 2. The Morgan fingerprint density at radius 1 is 1.37 bits per heavy atom. The molecule has 2 N–H and O–H groups in total. The average molecular weight is 314 g/mol. The van der Waals surface area contributed by atoms with Gasteiger partial charge in [-0.1, -0.05) is 11.3 Å². The van der Waals surface area contributed by atoms with E-state index in [0.717, 1.165) is 0 Å². The number of rotatable bonds is 4. The van der Waals surface area contributed by atoms with Crippen molar-refractivity contribution in [3.8, 4) is 0 Å². The smallest absolute Gasteiger partial charge is 0.336 e. The zero-order chi connectivity index (χ0) is 14.7. The lowest BCUT2D eigenvalue weighted by Crippen LogP contribution is -2.38. The van der Waals surface area contributed by atoms with Crippen molar-refractivity contribution in [2.24, 2.45) is 0 Å². The van der Waals surface area contributed by atoms with E-state index in [-0.39, 0.29) is 21.2 Å². The summed E-state index contributed by atoms with van der Waals surface area (Å²) in [6, 6.07) is -0.605. The molecule has 0 fully saturated rings. The molecule has 5 nitrogen and oxygen atoms in total. The number of hydrogen-bond donors (Lipinski definition) is 2. The molecule has 1 rings (SSSR count). The molecule has 0 atom stereocenters. The Labute approximate surface area is 116 Å². The largest absolute Gasteiger partial charge is 0.445 e. The molecular weight excluding hydrogens is 301 g/mol. The lowest BCUT2D eigenvalue weighted by atomic mass is 10.2. The van der Waals surface area contributed by atoms with E-state index in [1.807, 2.05) is 20.1 Å². The number of halogens is 3. The maximum Gasteiger partial charge on any atom is 0.445 e. The van der Waals surface area contributed by atoms with Crippen LogP contribution in [0.2, 0.25) is 0 Å². The number of carbonyl (C=O) groups excluding carboxylic acids is 1. The summed E-state index contributed by atoms with van der Waals surface area (Å²) < 4.78 is 36.6. The van der Waals surface area contributed by atoms with Crippen LogP contribution in [-0.4, -0.2) is 33.8 Å². The minimum Gasteiger partial charge on any atom is -0.336 e. The van der Waals surface area contributed by atoms with Gasteiger partial charge in [0.2, 0.25) is 10.1 Å². The fourth-order valence-electron chi connectivity index (χ4n) is 0.895. The molecule has 0 aromatic carbocycles. The van der Waals surface area contributed by atoms with Crippen LogP contribution in [0.15, 0.2) is 0 Å². The molecular formula is C9H13F3N4OS2. The van der Waals surface area contributed by atoms with E-state index in [0.29, 0.717) is 6.54 Å². The molecule has 0 saturated carbocycles. The topological polar surface area (TPSA) is 66.9 Å². The first-order valence-electron chi connectivity index (χ1n) is 5.15. The fourth-order valence-corrected chi connectivity index (χ4v) is 1.72. The fraction of sp³-hybridized carbons (Fsp3) is 0.667. The van der Waals surface area contributed by atoms with E-state index in [2.05, 4.69) is 20.8 Å². The molecule has 2 amide bonds. The number of aromatic nitrogens is 2. The first-order valence-corrected chi connectivity index (χ1v) is 7.19. The van der Waals surface area contributed by atoms with Gasteiger partial charge in [-0.25, -0.2) is 4.79 Å². The van der Waals surface area contributed by atoms with E-state index in [1.54, 1.807) is 11.8 Å². The summed E-state index contributed by atoms with van der Waals surface area (Å²) in [6.45, 7) is 4.25. The molecule has 10 heteroatoms. The van der Waals surface area contributed by atoms with Crippen LogP contribution in [0.3, 0.4) is 0 Å². The SMILES string of the molecule is CSC(C)(C)CNC(=O)Nc1nnc(C(F)(F)F)s1. The van der Waals surface area contributed by atoms with Crippen LogP contribution < -0.4 is 10.6 Å². The predicted molar refractivity (Wildman–Crippen MR) is 69.5 cm³/mol. The van der Waals surface area contributed by atoms with Crippen molar-refractivity contribution >= 4 is 34.3 Å². The normalized spacial score (nSPS) is 12.3. The van der Waals surface area contributed by atoms with Crippen molar-refractivity contribution in [3.05, 3.63) is 5.01 Å². The highest BCUT2D eigenvalue weighted by Gasteiger charge is 2.35. The van der Waals surface area contributed by atoms with Crippen LogP contribution in [0, 0.1) is 0 Å². The van der Waals surface area contributed by atoms with Crippen molar-refractivity contribution < 1.29 is 18.0 Å². The number of urea groups is 1. The number of thioether (sulfide) groups is 1. The minimum absolute atomic E-state index is 0.157. The number of anilines is 1. The zero-order valence-electron chi connectivity index (χ0n) is 10.5. The molecule has 1 aromatic heterocycles. The van der Waals surface area contributed by atoms with Gasteiger partial charge >= 0.3 is 12.2 Å². The highest BCUT2D eigenvalue weighted by Crippen LogP contribution is 2.32. The van der Waals surface area contributed by atoms with Gasteiger partial charge in [0.25, 0.3) is 0 Å². The van der Waals surface area contributed by atoms with Gasteiger partial charge in [0.05, 0.1) is 0 Å². The highest BCUT2D eigenvalue weighted by atomic mass is 32.2. The second-order valence-corrected chi connectivity index (χ2v) is 6.67. The highest BCUT2D eigenvalue weighted by molar-refractivity contribution is 7.99. The van der Waals surface area contributed by atoms with Crippen LogP contribution in [0.4, 0.5) is 23.1 Å². The number of alkyl halides is 3. The van der Waals surface area contributed by atoms with Gasteiger partial charge in [0, 0.05) is 11.3 Å². The second kappa shape index (κ2) is 5.95. The zero-order valence-corrected chi connectivity index (χ0v) is 12.1. The Hall–Kier alpha value is -1.03. The van der Waals surface area contributed by atoms with Crippen molar-refractivity contribution in [2.45, 2.75) is 24.8 Å². The van der Waals surface area contributed by atoms with Gasteiger partial charge < -0.3 is 5.32 Å². The standard InChI is InChI=1S/C9H13F3N4OS2/c1-8(2,18-3)4-13-6(17)14-7-16-15-5(19-7)9(10,11)12/h4H2,1-3H3,(H2,13,14,16,17). The van der Waals surface area contributed by atoms with Gasteiger partial charge in [-0.05, 0) is 20.1 Å². The number of hydrogen-bond acceptors (Lipinski definition) is 5. The molecule has 1 heterocycles. The van der Waals surface area contributed by atoms with Crippen LogP contribution >= 0.6 is 23.1 Å². The van der Waals surface area contributed by atoms with Gasteiger partial charge in [-0.2, -0.15) is 24.9 Å². The van der Waals surface area contributed by atoms with Gasteiger partial charge in [0.1, 0.15) is 0 Å². The predicted octanol–water partition coefficient (Wildman–Crippen LogP) is 2.82. The maximum absolute atomic E-state index is 12.3. The quantitative estimate of drug-likeness (QED) is 0.897. The monoisotopic (exact) mass is 314 g/mol. The Balaban J connectivity index is 2.52. The van der Waals surface area contributed by atoms with Crippen molar-refractivity contribution in [1.82, 2.24) is 15.5 Å². The van der Waals surface area contributed by atoms with E-state index in [4.69, 9.17) is 0 Å². The van der Waals surface area contributed by atoms with Gasteiger partial charge in [-0.15, -0.1) is 10.2 Å². The molecule has 0 aliphatic heterocycles. The van der Waals surface area contributed by atoms with Crippen LogP contribution in [0.1, 0.15) is 18.9 Å². The molecule has 19 heavy (non-hydrogen) atoms. The summed E-state index contributed by atoms with van der Waals surface area (Å²) in [6.07, 6.45) is -2.64. The van der Waals surface area contributed by atoms with Crippen LogP contribution in [0.25, 0.3) is 0 Å². The summed E-state index contributed by atoms with van der Waals surface area (Å²) in [5, 5.41) is 9.72. The van der Waals surface area contributed by atoms with E-state index >= 15 is 0 Å². The Morgan fingerprint density at radius 3 is 2.47 bits per heavy atom. The maximum atomic E-state index is 12.3. The van der Waals surface area contributed by atoms with E-state index < -0.39 is 17.2 Å². The van der Waals surface area contributed by atoms with Gasteiger partial charge in [0.15, 0.2) is 0 Å². The minimum atomic E-state index is -4.55. The molecule has 108 valence electrons. The Kier molecular flexibility index (Phi) is 5.02. The van der Waals surface area contributed by atoms with E-state index in [1.165, 1.54) is 0 Å². The summed E-state index contributed by atoms with van der Waals surface area (Å²) in [5.41, 5.74) is 0. The Bertz CT molecular complexity index is 447. The lowest BCUT2D eigenvalue weighted by Gasteiger charge is -2.21. The van der Waals surface area contributed by atoms with Crippen LogP contribution in [-0.2, 0) is 6.18 Å². The van der Waals surface area contributed by atoms with Crippen molar-refractivity contribution in [2.75, 3.05) is 18.1 Å². The summed E-state index contributed by atoms with van der Waals surface area (Å²) in [4.78, 5) is 11.5. The third-order valence-electron chi connectivity index (χ3n) is 2.12. The molecule has 0 bridgehead atoms.